The molecule has 0 radical (unpaired) electrons. The number of likely N-dealkylation sites (tertiary alicyclic amines) is 1. The number of hydrogen-bond acceptors (Lipinski definition) is 3. The van der Waals surface area contributed by atoms with Gasteiger partial charge >= 0.3 is 12.1 Å². The largest absolute Gasteiger partial charge is 0.481 e. The predicted molar refractivity (Wildman–Crippen MR) is 83.5 cm³/mol. The molecule has 0 bridgehead atoms. The molecule has 0 aromatic carbocycles. The Bertz CT molecular complexity index is 480. The third-order valence-corrected chi connectivity index (χ3v) is 5.38. The normalized spacial score (nSPS) is 34.2. The van der Waals surface area contributed by atoms with Crippen LogP contribution in [-0.2, 0) is 9.53 Å². The second-order valence-corrected chi connectivity index (χ2v) is 8.64. The molecule has 1 amide bonds. The molecule has 1 N–H and O–H groups in total. The molecule has 3 unspecified atom stereocenters. The zero-order valence-electron chi connectivity index (χ0n) is 14.6. The Hall–Kier alpha value is -1.26. The summed E-state index contributed by atoms with van der Waals surface area (Å²) in [7, 11) is 0. The standard InChI is InChI=1S/C17H29NO4/c1-11-9-18(14(21)22-15(2,3)4)8-7-12(11)17(13(19)20)10-16(17,5)6/h11-12H,7-10H2,1-6H3,(H,19,20). The maximum Gasteiger partial charge on any atom is 0.410 e. The van der Waals surface area contributed by atoms with Crippen LogP contribution >= 0.6 is 0 Å². The number of ether oxygens (including phenoxy) is 1. The second kappa shape index (κ2) is 5.14. The highest BCUT2D eigenvalue weighted by molar-refractivity contribution is 5.80. The predicted octanol–water partition coefficient (Wildman–Crippen LogP) is 3.38. The van der Waals surface area contributed by atoms with Crippen molar-refractivity contribution in [3.63, 3.8) is 0 Å². The van der Waals surface area contributed by atoms with Crippen molar-refractivity contribution < 1.29 is 19.4 Å². The SMILES string of the molecule is CC1CN(C(=O)OC(C)(C)C)CCC1C1(C(=O)O)CC1(C)C. The quantitative estimate of drug-likeness (QED) is 0.849. The van der Waals surface area contributed by atoms with Crippen molar-refractivity contribution in [2.75, 3.05) is 13.1 Å². The van der Waals surface area contributed by atoms with Crippen LogP contribution in [0.25, 0.3) is 0 Å². The van der Waals surface area contributed by atoms with E-state index in [1.54, 1.807) is 4.90 Å². The van der Waals surface area contributed by atoms with Crippen molar-refractivity contribution in [1.29, 1.82) is 0 Å². The third kappa shape index (κ3) is 2.82. The van der Waals surface area contributed by atoms with E-state index in [2.05, 4.69) is 6.92 Å². The molecule has 1 saturated heterocycles. The Morgan fingerprint density at radius 3 is 2.18 bits per heavy atom. The summed E-state index contributed by atoms with van der Waals surface area (Å²) in [5.74, 6) is -0.391. The number of carboxylic acids is 1. The Balaban J connectivity index is 2.05. The minimum Gasteiger partial charge on any atom is -0.481 e. The summed E-state index contributed by atoms with van der Waals surface area (Å²) >= 11 is 0. The first kappa shape index (κ1) is 17.1. The van der Waals surface area contributed by atoms with E-state index in [1.165, 1.54) is 0 Å². The summed E-state index contributed by atoms with van der Waals surface area (Å²) in [6.45, 7) is 12.8. The van der Waals surface area contributed by atoms with E-state index >= 15 is 0 Å². The zero-order valence-corrected chi connectivity index (χ0v) is 14.6. The van der Waals surface area contributed by atoms with Gasteiger partial charge in [-0.3, -0.25) is 4.79 Å². The molecule has 5 heteroatoms. The Labute approximate surface area is 133 Å². The van der Waals surface area contributed by atoms with E-state index < -0.39 is 17.0 Å². The van der Waals surface area contributed by atoms with Gasteiger partial charge in [-0.2, -0.15) is 0 Å². The summed E-state index contributed by atoms with van der Waals surface area (Å²) in [5.41, 5.74) is -1.27. The molecule has 2 fully saturated rings. The van der Waals surface area contributed by atoms with Crippen molar-refractivity contribution >= 4 is 12.1 Å². The molecule has 1 heterocycles. The fraction of sp³-hybridized carbons (Fsp3) is 0.882. The number of rotatable bonds is 2. The fourth-order valence-electron chi connectivity index (χ4n) is 4.18. The first-order valence-electron chi connectivity index (χ1n) is 8.12. The molecule has 2 rings (SSSR count). The minimum absolute atomic E-state index is 0.124. The molecular weight excluding hydrogens is 282 g/mol. The summed E-state index contributed by atoms with van der Waals surface area (Å²) in [6, 6.07) is 0. The number of carbonyl (C=O) groups excluding carboxylic acids is 1. The van der Waals surface area contributed by atoms with E-state index in [9.17, 15) is 14.7 Å². The third-order valence-electron chi connectivity index (χ3n) is 5.38. The first-order chi connectivity index (χ1) is 9.91. The molecular formula is C17H29NO4. The Morgan fingerprint density at radius 2 is 1.82 bits per heavy atom. The van der Waals surface area contributed by atoms with Crippen LogP contribution < -0.4 is 0 Å². The first-order valence-corrected chi connectivity index (χ1v) is 8.12. The highest BCUT2D eigenvalue weighted by Crippen LogP contribution is 2.70. The van der Waals surface area contributed by atoms with Crippen LogP contribution in [0.5, 0.6) is 0 Å². The van der Waals surface area contributed by atoms with Crippen LogP contribution in [-0.4, -0.2) is 40.8 Å². The number of hydrogen-bond donors (Lipinski definition) is 1. The molecule has 1 saturated carbocycles. The lowest BCUT2D eigenvalue weighted by Crippen LogP contribution is -2.49. The van der Waals surface area contributed by atoms with E-state index in [4.69, 9.17) is 4.74 Å². The van der Waals surface area contributed by atoms with Gasteiger partial charge in [0.25, 0.3) is 0 Å². The van der Waals surface area contributed by atoms with Gasteiger partial charge in [0.2, 0.25) is 0 Å². The van der Waals surface area contributed by atoms with E-state index in [-0.39, 0.29) is 23.3 Å². The lowest BCUT2D eigenvalue weighted by Gasteiger charge is -2.41. The van der Waals surface area contributed by atoms with Gasteiger partial charge in [-0.25, -0.2) is 4.79 Å². The summed E-state index contributed by atoms with van der Waals surface area (Å²) in [6.07, 6.45) is 1.17. The molecule has 0 aromatic heterocycles. The average Bonchev–Trinajstić information content (AvgIpc) is 2.91. The molecule has 1 aliphatic carbocycles. The monoisotopic (exact) mass is 311 g/mol. The van der Waals surface area contributed by atoms with Crippen LogP contribution in [0.4, 0.5) is 4.79 Å². The smallest absolute Gasteiger partial charge is 0.410 e. The van der Waals surface area contributed by atoms with Crippen LogP contribution in [0.3, 0.4) is 0 Å². The van der Waals surface area contributed by atoms with Gasteiger partial charge < -0.3 is 14.7 Å². The van der Waals surface area contributed by atoms with Crippen molar-refractivity contribution in [2.24, 2.45) is 22.7 Å². The highest BCUT2D eigenvalue weighted by Gasteiger charge is 2.71. The number of amides is 1. The molecule has 2 aliphatic rings. The Morgan fingerprint density at radius 1 is 1.27 bits per heavy atom. The lowest BCUT2D eigenvalue weighted by atomic mass is 9.72. The minimum atomic E-state index is -0.680. The zero-order chi connectivity index (χ0) is 16.9. The maximum atomic E-state index is 12.2. The van der Waals surface area contributed by atoms with Crippen molar-refractivity contribution in [2.45, 2.75) is 60.0 Å². The van der Waals surface area contributed by atoms with Crippen molar-refractivity contribution in [3.8, 4) is 0 Å². The van der Waals surface area contributed by atoms with Crippen LogP contribution in [0.1, 0.15) is 54.4 Å². The highest BCUT2D eigenvalue weighted by atomic mass is 16.6. The van der Waals surface area contributed by atoms with Gasteiger partial charge in [0.15, 0.2) is 0 Å². The van der Waals surface area contributed by atoms with Crippen molar-refractivity contribution in [3.05, 3.63) is 0 Å². The average molecular weight is 311 g/mol. The van der Waals surface area contributed by atoms with Crippen molar-refractivity contribution in [1.82, 2.24) is 4.90 Å². The number of carboxylic acid groups (broad SMARTS) is 1. The maximum absolute atomic E-state index is 12.2. The molecule has 0 spiro atoms. The van der Waals surface area contributed by atoms with Gasteiger partial charge in [-0.05, 0) is 50.9 Å². The topological polar surface area (TPSA) is 66.8 Å². The number of aliphatic carboxylic acids is 1. The number of nitrogens with zero attached hydrogens (tertiary/aromatic N) is 1. The second-order valence-electron chi connectivity index (χ2n) is 8.64. The summed E-state index contributed by atoms with van der Waals surface area (Å²) < 4.78 is 5.42. The van der Waals surface area contributed by atoms with E-state index in [1.807, 2.05) is 34.6 Å². The lowest BCUT2D eigenvalue weighted by molar-refractivity contribution is -0.149. The van der Waals surface area contributed by atoms with Crippen LogP contribution in [0.15, 0.2) is 0 Å². The number of carbonyl (C=O) groups is 2. The van der Waals surface area contributed by atoms with Gasteiger partial charge in [0.1, 0.15) is 5.60 Å². The van der Waals surface area contributed by atoms with Crippen LogP contribution in [0.2, 0.25) is 0 Å². The Kier molecular flexibility index (Phi) is 3.99. The molecule has 0 aromatic rings. The molecule has 1 aliphatic heterocycles. The summed E-state index contributed by atoms with van der Waals surface area (Å²) in [4.78, 5) is 25.7. The summed E-state index contributed by atoms with van der Waals surface area (Å²) in [5, 5.41) is 9.73. The van der Waals surface area contributed by atoms with Gasteiger partial charge in [-0.15, -0.1) is 0 Å². The molecule has 5 nitrogen and oxygen atoms in total. The molecule has 22 heavy (non-hydrogen) atoms. The van der Waals surface area contributed by atoms with Gasteiger partial charge in [-0.1, -0.05) is 20.8 Å². The number of piperidine rings is 1. The fourth-order valence-corrected chi connectivity index (χ4v) is 4.18. The molecule has 3 atom stereocenters. The van der Waals surface area contributed by atoms with E-state index in [0.717, 1.165) is 12.8 Å². The van der Waals surface area contributed by atoms with Gasteiger partial charge in [0, 0.05) is 13.1 Å². The molecule has 126 valence electrons. The van der Waals surface area contributed by atoms with Gasteiger partial charge in [0.05, 0.1) is 5.41 Å². The van der Waals surface area contributed by atoms with Crippen LogP contribution in [0, 0.1) is 22.7 Å². The van der Waals surface area contributed by atoms with E-state index in [0.29, 0.717) is 13.1 Å².